The molecule has 0 unspecified atom stereocenters. The highest BCUT2D eigenvalue weighted by atomic mass is 32.1. The maximum Gasteiger partial charge on any atom is 0.270 e. The number of benzene rings is 1. The van der Waals surface area contributed by atoms with Gasteiger partial charge in [-0.05, 0) is 31.4 Å². The second kappa shape index (κ2) is 6.14. The van der Waals surface area contributed by atoms with Crippen LogP contribution in [0.1, 0.15) is 28.9 Å². The lowest BCUT2D eigenvalue weighted by Gasteiger charge is -2.24. The summed E-state index contributed by atoms with van der Waals surface area (Å²) in [4.78, 5) is 26.1. The smallest absolute Gasteiger partial charge is 0.270 e. The van der Waals surface area contributed by atoms with Gasteiger partial charge in [-0.25, -0.2) is 0 Å². The van der Waals surface area contributed by atoms with Crippen molar-refractivity contribution in [2.24, 2.45) is 5.92 Å². The number of rotatable bonds is 5. The molecule has 1 aromatic carbocycles. The Kier molecular flexibility index (Phi) is 3.97. The maximum atomic E-state index is 13.0. The second-order valence-electron chi connectivity index (χ2n) is 6.51. The predicted octanol–water partition coefficient (Wildman–Crippen LogP) is 3.45. The van der Waals surface area contributed by atoms with Gasteiger partial charge >= 0.3 is 0 Å². The van der Waals surface area contributed by atoms with Gasteiger partial charge in [-0.2, -0.15) is 0 Å². The van der Waals surface area contributed by atoms with E-state index in [0.29, 0.717) is 16.8 Å². The zero-order chi connectivity index (χ0) is 16.7. The Morgan fingerprint density at radius 3 is 2.83 bits per heavy atom. The standard InChI is InChI=1S/C17H18N2O4S/c20-17(18(13-1-2-13)9-11-5-6-23-10-11)16-8-12-7-14(19(21)22)3-4-15(12)24-16/h3-4,7-8,11,13H,1-2,5-6,9-10H2/t11-/m1/s1. The van der Waals surface area contributed by atoms with Gasteiger partial charge in [0.05, 0.1) is 16.4 Å². The fourth-order valence-electron chi connectivity index (χ4n) is 3.18. The molecule has 0 spiro atoms. The third kappa shape index (κ3) is 3.01. The summed E-state index contributed by atoms with van der Waals surface area (Å²) in [7, 11) is 0. The highest BCUT2D eigenvalue weighted by molar-refractivity contribution is 7.20. The van der Waals surface area contributed by atoms with Crippen molar-refractivity contribution >= 4 is 33.0 Å². The average Bonchev–Trinajstić information content (AvgIpc) is 3.11. The van der Waals surface area contributed by atoms with E-state index in [9.17, 15) is 14.9 Å². The molecule has 0 N–H and O–H groups in total. The lowest BCUT2D eigenvalue weighted by Crippen LogP contribution is -2.37. The quantitative estimate of drug-likeness (QED) is 0.614. The number of carbonyl (C=O) groups is 1. The van der Waals surface area contributed by atoms with Crippen LogP contribution in [-0.4, -0.2) is 41.5 Å². The Labute approximate surface area is 143 Å². The minimum atomic E-state index is -0.408. The molecule has 2 heterocycles. The van der Waals surface area contributed by atoms with Crippen molar-refractivity contribution in [3.05, 3.63) is 39.3 Å². The van der Waals surface area contributed by atoms with Gasteiger partial charge < -0.3 is 9.64 Å². The van der Waals surface area contributed by atoms with Crippen molar-refractivity contribution in [3.63, 3.8) is 0 Å². The van der Waals surface area contributed by atoms with Crippen LogP contribution in [0.5, 0.6) is 0 Å². The van der Waals surface area contributed by atoms with E-state index in [2.05, 4.69) is 0 Å². The highest BCUT2D eigenvalue weighted by Crippen LogP contribution is 2.34. The first-order valence-electron chi connectivity index (χ1n) is 8.18. The number of hydrogen-bond donors (Lipinski definition) is 0. The van der Waals surface area contributed by atoms with Gasteiger partial charge in [0.25, 0.3) is 11.6 Å². The summed E-state index contributed by atoms with van der Waals surface area (Å²) in [5.41, 5.74) is 0.0569. The van der Waals surface area contributed by atoms with E-state index >= 15 is 0 Å². The van der Waals surface area contributed by atoms with E-state index in [1.165, 1.54) is 23.5 Å². The molecule has 0 bridgehead atoms. The number of ether oxygens (including phenoxy) is 1. The number of nitro groups is 1. The van der Waals surface area contributed by atoms with Gasteiger partial charge in [0.2, 0.25) is 0 Å². The summed E-state index contributed by atoms with van der Waals surface area (Å²) in [6.07, 6.45) is 3.14. The number of thiophene rings is 1. The van der Waals surface area contributed by atoms with Crippen molar-refractivity contribution in [1.82, 2.24) is 4.90 Å². The molecule has 24 heavy (non-hydrogen) atoms. The zero-order valence-electron chi connectivity index (χ0n) is 13.1. The van der Waals surface area contributed by atoms with E-state index in [1.54, 1.807) is 12.1 Å². The zero-order valence-corrected chi connectivity index (χ0v) is 14.0. The van der Waals surface area contributed by atoms with Gasteiger partial charge in [0, 0.05) is 47.3 Å². The first kappa shape index (κ1) is 15.5. The third-order valence-electron chi connectivity index (χ3n) is 4.65. The van der Waals surface area contributed by atoms with Gasteiger partial charge in [-0.1, -0.05) is 0 Å². The topological polar surface area (TPSA) is 72.7 Å². The van der Waals surface area contributed by atoms with Crippen LogP contribution < -0.4 is 0 Å². The molecule has 2 fully saturated rings. The maximum absolute atomic E-state index is 13.0. The van der Waals surface area contributed by atoms with Crippen LogP contribution in [0, 0.1) is 16.0 Å². The summed E-state index contributed by atoms with van der Waals surface area (Å²) < 4.78 is 6.33. The summed E-state index contributed by atoms with van der Waals surface area (Å²) >= 11 is 1.41. The molecule has 1 atom stereocenters. The fourth-order valence-corrected chi connectivity index (χ4v) is 4.18. The highest BCUT2D eigenvalue weighted by Gasteiger charge is 2.35. The average molecular weight is 346 g/mol. The lowest BCUT2D eigenvalue weighted by molar-refractivity contribution is -0.384. The van der Waals surface area contributed by atoms with Crippen molar-refractivity contribution < 1.29 is 14.5 Å². The van der Waals surface area contributed by atoms with Crippen LogP contribution >= 0.6 is 11.3 Å². The Bertz CT molecular complexity index is 793. The van der Waals surface area contributed by atoms with Crippen molar-refractivity contribution in [3.8, 4) is 0 Å². The normalized spacial score (nSPS) is 20.4. The van der Waals surface area contributed by atoms with Gasteiger partial charge in [-0.3, -0.25) is 14.9 Å². The summed E-state index contributed by atoms with van der Waals surface area (Å²) in [5.74, 6) is 0.471. The monoisotopic (exact) mass is 346 g/mol. The molecule has 7 heteroatoms. The van der Waals surface area contributed by atoms with Crippen molar-refractivity contribution in [2.45, 2.75) is 25.3 Å². The molecule has 1 amide bonds. The number of nitrogens with zero attached hydrogens (tertiary/aromatic N) is 2. The molecule has 2 aliphatic rings. The van der Waals surface area contributed by atoms with Gasteiger partial charge in [-0.15, -0.1) is 11.3 Å². The van der Waals surface area contributed by atoms with E-state index in [1.807, 2.05) is 4.90 Å². The van der Waals surface area contributed by atoms with Crippen LogP contribution in [0.25, 0.3) is 10.1 Å². The minimum Gasteiger partial charge on any atom is -0.381 e. The predicted molar refractivity (Wildman–Crippen MR) is 91.5 cm³/mol. The van der Waals surface area contributed by atoms with Gasteiger partial charge in [0.15, 0.2) is 0 Å². The number of non-ortho nitro benzene ring substituents is 1. The molecule has 6 nitrogen and oxygen atoms in total. The Morgan fingerprint density at radius 1 is 1.33 bits per heavy atom. The Balaban J connectivity index is 1.59. The van der Waals surface area contributed by atoms with Crippen LogP contribution in [0.4, 0.5) is 5.69 Å². The number of amides is 1. The van der Waals surface area contributed by atoms with Crippen LogP contribution in [-0.2, 0) is 4.74 Å². The van der Waals surface area contributed by atoms with E-state index in [-0.39, 0.29) is 11.6 Å². The van der Waals surface area contributed by atoms with Crippen molar-refractivity contribution in [1.29, 1.82) is 0 Å². The lowest BCUT2D eigenvalue weighted by atomic mass is 10.1. The molecular weight excluding hydrogens is 328 g/mol. The summed E-state index contributed by atoms with van der Waals surface area (Å²) in [6.45, 7) is 2.26. The molecular formula is C17H18N2O4S. The second-order valence-corrected chi connectivity index (χ2v) is 7.59. The SMILES string of the molecule is O=C(c1cc2cc([N+](=O)[O-])ccc2s1)N(C[C@H]1CCOC1)C1CC1. The number of hydrogen-bond acceptors (Lipinski definition) is 5. The fraction of sp³-hybridized carbons (Fsp3) is 0.471. The van der Waals surface area contributed by atoms with Crippen LogP contribution in [0.15, 0.2) is 24.3 Å². The molecule has 1 aliphatic heterocycles. The minimum absolute atomic E-state index is 0.0493. The molecule has 1 saturated heterocycles. The van der Waals surface area contributed by atoms with Gasteiger partial charge in [0.1, 0.15) is 0 Å². The first-order chi connectivity index (χ1) is 11.6. The molecule has 2 aromatic rings. The van der Waals surface area contributed by atoms with Crippen LogP contribution in [0.3, 0.4) is 0 Å². The molecule has 1 saturated carbocycles. The number of fused-ring (bicyclic) bond motifs is 1. The largest absolute Gasteiger partial charge is 0.381 e. The first-order valence-corrected chi connectivity index (χ1v) is 9.00. The van der Waals surface area contributed by atoms with E-state index in [4.69, 9.17) is 4.74 Å². The third-order valence-corrected chi connectivity index (χ3v) is 5.75. The Morgan fingerprint density at radius 2 is 2.17 bits per heavy atom. The number of nitro benzene ring substituents is 1. The molecule has 1 aromatic heterocycles. The molecule has 4 rings (SSSR count). The summed E-state index contributed by atoms with van der Waals surface area (Å²) in [5, 5.41) is 11.7. The van der Waals surface area contributed by atoms with Crippen LogP contribution in [0.2, 0.25) is 0 Å². The van der Waals surface area contributed by atoms with E-state index < -0.39 is 4.92 Å². The number of carbonyl (C=O) groups excluding carboxylic acids is 1. The molecule has 0 radical (unpaired) electrons. The molecule has 1 aliphatic carbocycles. The summed E-state index contributed by atoms with van der Waals surface area (Å²) in [6, 6.07) is 6.88. The van der Waals surface area contributed by atoms with E-state index in [0.717, 1.165) is 49.1 Å². The van der Waals surface area contributed by atoms with Crippen molar-refractivity contribution in [2.75, 3.05) is 19.8 Å². The Hall–Kier alpha value is -1.99. The molecule has 126 valence electrons.